The number of hydrogen-bond acceptors (Lipinski definition) is 5. The van der Waals surface area contributed by atoms with Crippen molar-refractivity contribution in [1.82, 2.24) is 9.97 Å². The highest BCUT2D eigenvalue weighted by Crippen LogP contribution is 2.20. The van der Waals surface area contributed by atoms with Crippen molar-refractivity contribution in [3.05, 3.63) is 11.9 Å². The van der Waals surface area contributed by atoms with Crippen LogP contribution in [-0.4, -0.2) is 30.1 Å². The molecule has 0 radical (unpaired) electrons. The average Bonchev–Trinajstić information content (AvgIpc) is 2.37. The molecule has 1 heterocycles. The second-order valence-corrected chi connectivity index (χ2v) is 4.70. The molecule has 0 aromatic carbocycles. The van der Waals surface area contributed by atoms with E-state index in [9.17, 15) is 0 Å². The van der Waals surface area contributed by atoms with Crippen LogP contribution in [0.4, 0.5) is 11.6 Å². The fourth-order valence-corrected chi connectivity index (χ4v) is 1.51. The number of aromatic nitrogens is 2. The number of nitriles is 1. The summed E-state index contributed by atoms with van der Waals surface area (Å²) in [4.78, 5) is 11.0. The lowest BCUT2D eigenvalue weighted by atomic mass is 10.2. The summed E-state index contributed by atoms with van der Waals surface area (Å²) >= 11 is 0. The van der Waals surface area contributed by atoms with E-state index in [4.69, 9.17) is 5.26 Å². The summed E-state index contributed by atoms with van der Waals surface area (Å²) in [5.41, 5.74) is 0. The minimum Gasteiger partial charge on any atom is -0.373 e. The molecule has 0 amide bonds. The van der Waals surface area contributed by atoms with Gasteiger partial charge < -0.3 is 10.2 Å². The number of nitrogens with one attached hydrogen (secondary N) is 1. The van der Waals surface area contributed by atoms with Crippen molar-refractivity contribution in [2.75, 3.05) is 24.3 Å². The van der Waals surface area contributed by atoms with E-state index in [1.807, 2.05) is 32.0 Å². The van der Waals surface area contributed by atoms with Crippen LogP contribution in [0.1, 0.15) is 38.9 Å². The summed E-state index contributed by atoms with van der Waals surface area (Å²) in [6.07, 6.45) is 0.479. The Morgan fingerprint density at radius 1 is 1.39 bits per heavy atom. The van der Waals surface area contributed by atoms with Gasteiger partial charge in [0.2, 0.25) is 0 Å². The molecule has 1 unspecified atom stereocenters. The summed E-state index contributed by atoms with van der Waals surface area (Å²) in [5.74, 6) is 2.74. The van der Waals surface area contributed by atoms with Gasteiger partial charge in [-0.15, -0.1) is 0 Å². The first-order chi connectivity index (χ1) is 8.49. The molecule has 0 saturated heterocycles. The zero-order chi connectivity index (χ0) is 13.7. The van der Waals surface area contributed by atoms with E-state index in [-0.39, 0.29) is 12.0 Å². The zero-order valence-electron chi connectivity index (χ0n) is 11.7. The van der Waals surface area contributed by atoms with Gasteiger partial charge >= 0.3 is 0 Å². The van der Waals surface area contributed by atoms with Gasteiger partial charge in [-0.1, -0.05) is 13.8 Å². The highest BCUT2D eigenvalue weighted by atomic mass is 15.2. The second-order valence-electron chi connectivity index (χ2n) is 4.70. The van der Waals surface area contributed by atoms with Crippen molar-refractivity contribution in [2.45, 2.75) is 39.2 Å². The molecule has 0 aliphatic rings. The molecule has 1 aromatic rings. The van der Waals surface area contributed by atoms with E-state index in [1.54, 1.807) is 0 Å². The van der Waals surface area contributed by atoms with Crippen molar-refractivity contribution >= 4 is 11.6 Å². The van der Waals surface area contributed by atoms with Gasteiger partial charge in [-0.2, -0.15) is 5.26 Å². The Morgan fingerprint density at radius 2 is 2.06 bits per heavy atom. The topological polar surface area (TPSA) is 64.8 Å². The van der Waals surface area contributed by atoms with Crippen LogP contribution in [0, 0.1) is 11.3 Å². The summed E-state index contributed by atoms with van der Waals surface area (Å²) < 4.78 is 0. The number of nitrogens with zero attached hydrogens (tertiary/aromatic N) is 4. The largest absolute Gasteiger partial charge is 0.373 e. The smallest absolute Gasteiger partial charge is 0.135 e. The molecule has 0 fully saturated rings. The van der Waals surface area contributed by atoms with Crippen molar-refractivity contribution in [3.63, 3.8) is 0 Å². The molecule has 0 aliphatic carbocycles. The average molecular weight is 247 g/mol. The van der Waals surface area contributed by atoms with Gasteiger partial charge in [0.1, 0.15) is 17.5 Å². The van der Waals surface area contributed by atoms with E-state index >= 15 is 0 Å². The SMILES string of the molecule is CNc1cc(N(C)C(C)CC#N)nc(C(C)C)n1. The Morgan fingerprint density at radius 3 is 2.56 bits per heavy atom. The van der Waals surface area contributed by atoms with Crippen LogP contribution in [0.15, 0.2) is 6.07 Å². The van der Waals surface area contributed by atoms with Crippen LogP contribution in [0.3, 0.4) is 0 Å². The zero-order valence-corrected chi connectivity index (χ0v) is 11.7. The number of anilines is 2. The third-order valence-electron chi connectivity index (χ3n) is 2.91. The maximum atomic E-state index is 8.75. The van der Waals surface area contributed by atoms with Gasteiger partial charge in [-0.3, -0.25) is 0 Å². The molecular weight excluding hydrogens is 226 g/mol. The minimum atomic E-state index is 0.134. The van der Waals surface area contributed by atoms with Crippen molar-refractivity contribution < 1.29 is 0 Å². The fourth-order valence-electron chi connectivity index (χ4n) is 1.51. The van der Waals surface area contributed by atoms with Crippen LogP contribution in [0.5, 0.6) is 0 Å². The van der Waals surface area contributed by atoms with E-state index in [0.29, 0.717) is 6.42 Å². The van der Waals surface area contributed by atoms with E-state index in [0.717, 1.165) is 17.5 Å². The third-order valence-corrected chi connectivity index (χ3v) is 2.91. The molecule has 0 saturated carbocycles. The fraction of sp³-hybridized carbons (Fsp3) is 0.615. The van der Waals surface area contributed by atoms with Gasteiger partial charge in [0.05, 0.1) is 12.5 Å². The highest BCUT2D eigenvalue weighted by molar-refractivity contribution is 5.49. The molecule has 5 nitrogen and oxygen atoms in total. The molecule has 1 rings (SSSR count). The molecule has 1 N–H and O–H groups in total. The number of rotatable bonds is 5. The standard InChI is InChI=1S/C13H21N5/c1-9(2)13-16-11(15-4)8-12(17-13)18(5)10(3)6-7-14/h8-10H,6H2,1-5H3,(H,15,16,17). The Bertz CT molecular complexity index is 435. The molecule has 98 valence electrons. The van der Waals surface area contributed by atoms with E-state index in [2.05, 4.69) is 35.2 Å². The van der Waals surface area contributed by atoms with Gasteiger partial charge in [0.15, 0.2) is 0 Å². The molecule has 0 aliphatic heterocycles. The maximum Gasteiger partial charge on any atom is 0.135 e. The Kier molecular flexibility index (Phi) is 4.90. The summed E-state index contributed by atoms with van der Waals surface area (Å²) in [6, 6.07) is 4.22. The lowest BCUT2D eigenvalue weighted by Crippen LogP contribution is -2.29. The quantitative estimate of drug-likeness (QED) is 0.865. The Hall–Kier alpha value is -1.83. The van der Waals surface area contributed by atoms with Crippen molar-refractivity contribution in [3.8, 4) is 6.07 Å². The maximum absolute atomic E-state index is 8.75. The summed E-state index contributed by atoms with van der Waals surface area (Å²) in [5, 5.41) is 11.8. The van der Waals surface area contributed by atoms with Crippen LogP contribution >= 0.6 is 0 Å². The van der Waals surface area contributed by atoms with Crippen LogP contribution in [-0.2, 0) is 0 Å². The van der Waals surface area contributed by atoms with Crippen molar-refractivity contribution in [2.24, 2.45) is 0 Å². The third kappa shape index (κ3) is 3.33. The predicted octanol–water partition coefficient (Wildman–Crippen LogP) is 2.38. The Balaban J connectivity index is 3.08. The molecule has 1 atom stereocenters. The molecule has 0 spiro atoms. The van der Waals surface area contributed by atoms with E-state index in [1.165, 1.54) is 0 Å². The molecule has 0 bridgehead atoms. The van der Waals surface area contributed by atoms with Crippen molar-refractivity contribution in [1.29, 1.82) is 5.26 Å². The number of hydrogen-bond donors (Lipinski definition) is 1. The van der Waals surface area contributed by atoms with Crippen LogP contribution in [0.25, 0.3) is 0 Å². The van der Waals surface area contributed by atoms with Gasteiger partial charge in [-0.25, -0.2) is 9.97 Å². The lowest BCUT2D eigenvalue weighted by Gasteiger charge is -2.25. The first-order valence-electron chi connectivity index (χ1n) is 6.16. The molecular formula is C13H21N5. The van der Waals surface area contributed by atoms with Gasteiger partial charge in [0.25, 0.3) is 0 Å². The monoisotopic (exact) mass is 247 g/mol. The molecule has 5 heteroatoms. The first-order valence-corrected chi connectivity index (χ1v) is 6.16. The van der Waals surface area contributed by atoms with Gasteiger partial charge in [0, 0.05) is 32.1 Å². The predicted molar refractivity (Wildman–Crippen MR) is 73.8 cm³/mol. The molecule has 1 aromatic heterocycles. The normalized spacial score (nSPS) is 12.1. The van der Waals surface area contributed by atoms with Crippen LogP contribution in [0.2, 0.25) is 0 Å². The second kappa shape index (κ2) is 6.20. The van der Waals surface area contributed by atoms with Gasteiger partial charge in [-0.05, 0) is 6.92 Å². The van der Waals surface area contributed by atoms with Crippen LogP contribution < -0.4 is 10.2 Å². The Labute approximate surface area is 109 Å². The minimum absolute atomic E-state index is 0.134. The summed E-state index contributed by atoms with van der Waals surface area (Å²) in [7, 11) is 3.79. The highest BCUT2D eigenvalue weighted by Gasteiger charge is 2.14. The summed E-state index contributed by atoms with van der Waals surface area (Å²) in [6.45, 7) is 6.15. The molecule has 18 heavy (non-hydrogen) atoms. The first kappa shape index (κ1) is 14.2. The lowest BCUT2D eigenvalue weighted by molar-refractivity contribution is 0.683. The van der Waals surface area contributed by atoms with E-state index < -0.39 is 0 Å².